The lowest BCUT2D eigenvalue weighted by Crippen LogP contribution is -3.13. The summed E-state index contributed by atoms with van der Waals surface area (Å²) >= 11 is 6.18. The fraction of sp³-hybridized carbons (Fsp3) is 0.286. The Morgan fingerprint density at radius 3 is 2.68 bits per heavy atom. The van der Waals surface area contributed by atoms with E-state index in [4.69, 9.17) is 16.6 Å². The van der Waals surface area contributed by atoms with Gasteiger partial charge in [0, 0.05) is 16.1 Å². The molecule has 0 bridgehead atoms. The lowest BCUT2D eigenvalue weighted by Gasteiger charge is -2.34. The number of aryl methyl sites for hydroxylation is 1. The molecule has 0 unspecified atom stereocenters. The average Bonchev–Trinajstić information content (AvgIpc) is 2.64. The van der Waals surface area contributed by atoms with Gasteiger partial charge in [-0.3, -0.25) is 0 Å². The molecule has 1 aromatic heterocycles. The maximum absolute atomic E-state index is 6.18. The zero-order valence-electron chi connectivity index (χ0n) is 14.5. The number of para-hydroxylation sites is 1. The summed E-state index contributed by atoms with van der Waals surface area (Å²) in [5.41, 5.74) is 4.84. The number of halogens is 1. The van der Waals surface area contributed by atoms with Gasteiger partial charge in [-0.25, -0.2) is 4.98 Å². The second-order valence-corrected chi connectivity index (χ2v) is 7.28. The number of aromatic nitrogens is 1. The van der Waals surface area contributed by atoms with Gasteiger partial charge >= 0.3 is 0 Å². The van der Waals surface area contributed by atoms with Gasteiger partial charge in [-0.05, 0) is 36.8 Å². The molecule has 0 aliphatic carbocycles. The predicted octanol–water partition coefficient (Wildman–Crippen LogP) is 3.10. The maximum atomic E-state index is 6.18. The van der Waals surface area contributed by atoms with Crippen LogP contribution in [0.5, 0.6) is 0 Å². The van der Waals surface area contributed by atoms with Crippen molar-refractivity contribution < 1.29 is 4.90 Å². The van der Waals surface area contributed by atoms with Crippen LogP contribution in [0.4, 0.5) is 5.69 Å². The first kappa shape index (κ1) is 16.4. The number of pyridine rings is 1. The van der Waals surface area contributed by atoms with Crippen LogP contribution in [0.1, 0.15) is 11.3 Å². The molecule has 3 nitrogen and oxygen atoms in total. The monoisotopic (exact) mass is 352 g/mol. The van der Waals surface area contributed by atoms with Crippen molar-refractivity contribution >= 4 is 28.2 Å². The Labute approximate surface area is 153 Å². The molecule has 1 aliphatic rings. The van der Waals surface area contributed by atoms with Crippen LogP contribution in [0.2, 0.25) is 5.02 Å². The summed E-state index contributed by atoms with van der Waals surface area (Å²) in [6.45, 7) is 7.52. The van der Waals surface area contributed by atoms with Gasteiger partial charge in [0.15, 0.2) is 0 Å². The third-order valence-corrected chi connectivity index (χ3v) is 5.30. The number of nitrogens with one attached hydrogen (secondary N) is 1. The van der Waals surface area contributed by atoms with Crippen molar-refractivity contribution in [3.05, 3.63) is 70.9 Å². The minimum Gasteiger partial charge on any atom is -0.360 e. The first-order valence-electron chi connectivity index (χ1n) is 8.88. The number of anilines is 1. The highest BCUT2D eigenvalue weighted by Crippen LogP contribution is 2.24. The molecule has 2 aromatic carbocycles. The molecule has 2 heterocycles. The highest BCUT2D eigenvalue weighted by atomic mass is 35.5. The molecule has 1 N–H and O–H groups in total. The normalized spacial score (nSPS) is 15.7. The number of hydrogen-bond acceptors (Lipinski definition) is 2. The molecule has 4 rings (SSSR count). The smallest absolute Gasteiger partial charge is 0.120 e. The van der Waals surface area contributed by atoms with E-state index in [9.17, 15) is 0 Å². The van der Waals surface area contributed by atoms with Gasteiger partial charge in [0.05, 0.1) is 37.4 Å². The van der Waals surface area contributed by atoms with Crippen molar-refractivity contribution in [2.24, 2.45) is 0 Å². The second-order valence-electron chi connectivity index (χ2n) is 6.84. The van der Waals surface area contributed by atoms with Crippen LogP contribution in [0.25, 0.3) is 10.9 Å². The first-order valence-corrected chi connectivity index (χ1v) is 9.26. The summed E-state index contributed by atoms with van der Waals surface area (Å²) in [6, 6.07) is 18.8. The van der Waals surface area contributed by atoms with E-state index in [1.165, 1.54) is 22.3 Å². The van der Waals surface area contributed by atoms with Crippen LogP contribution in [-0.4, -0.2) is 31.2 Å². The zero-order valence-corrected chi connectivity index (χ0v) is 15.3. The van der Waals surface area contributed by atoms with Gasteiger partial charge in [-0.1, -0.05) is 41.9 Å². The van der Waals surface area contributed by atoms with Crippen molar-refractivity contribution in [3.8, 4) is 0 Å². The van der Waals surface area contributed by atoms with E-state index in [0.717, 1.165) is 43.3 Å². The Morgan fingerprint density at radius 1 is 1.04 bits per heavy atom. The molecule has 25 heavy (non-hydrogen) atoms. The highest BCUT2D eigenvalue weighted by Gasteiger charge is 2.22. The van der Waals surface area contributed by atoms with E-state index in [1.54, 1.807) is 4.90 Å². The van der Waals surface area contributed by atoms with Crippen LogP contribution >= 0.6 is 11.6 Å². The lowest BCUT2D eigenvalue weighted by atomic mass is 10.1. The third kappa shape index (κ3) is 3.63. The van der Waals surface area contributed by atoms with Crippen molar-refractivity contribution in [1.29, 1.82) is 0 Å². The van der Waals surface area contributed by atoms with Crippen molar-refractivity contribution in [1.82, 2.24) is 4.98 Å². The predicted molar refractivity (Wildman–Crippen MR) is 105 cm³/mol. The largest absolute Gasteiger partial charge is 0.360 e. The molecule has 128 valence electrons. The number of hydrogen-bond donors (Lipinski definition) is 1. The average molecular weight is 353 g/mol. The quantitative estimate of drug-likeness (QED) is 0.781. The molecule has 0 radical (unpaired) electrons. The van der Waals surface area contributed by atoms with Crippen LogP contribution in [0.3, 0.4) is 0 Å². The van der Waals surface area contributed by atoms with Crippen LogP contribution in [0.15, 0.2) is 54.6 Å². The van der Waals surface area contributed by atoms with E-state index in [2.05, 4.69) is 60.4 Å². The SMILES string of the molecule is Cc1ccc(Cl)cc1N1CC[NH+](Cc2ccc3ccccc3n2)CC1. The Morgan fingerprint density at radius 2 is 1.84 bits per heavy atom. The van der Waals surface area contributed by atoms with E-state index in [1.807, 2.05) is 6.07 Å². The van der Waals surface area contributed by atoms with Gasteiger partial charge in [0.1, 0.15) is 6.54 Å². The Kier molecular flexibility index (Phi) is 4.60. The summed E-state index contributed by atoms with van der Waals surface area (Å²) < 4.78 is 0. The second kappa shape index (κ2) is 7.03. The highest BCUT2D eigenvalue weighted by molar-refractivity contribution is 6.30. The fourth-order valence-electron chi connectivity index (χ4n) is 3.63. The Hall–Kier alpha value is -2.10. The molecule has 0 saturated carbocycles. The summed E-state index contributed by atoms with van der Waals surface area (Å²) in [4.78, 5) is 8.87. The van der Waals surface area contributed by atoms with Crippen LogP contribution in [0, 0.1) is 6.92 Å². The number of nitrogens with zero attached hydrogens (tertiary/aromatic N) is 2. The molecule has 0 atom stereocenters. The zero-order chi connectivity index (χ0) is 17.2. The minimum absolute atomic E-state index is 0.816. The topological polar surface area (TPSA) is 20.6 Å². The third-order valence-electron chi connectivity index (χ3n) is 5.07. The summed E-state index contributed by atoms with van der Waals surface area (Å²) in [5.74, 6) is 0. The Balaban J connectivity index is 1.42. The lowest BCUT2D eigenvalue weighted by molar-refractivity contribution is -0.914. The number of quaternary nitrogens is 1. The van der Waals surface area contributed by atoms with E-state index in [0.29, 0.717) is 0 Å². The van der Waals surface area contributed by atoms with Gasteiger partial charge in [0.2, 0.25) is 0 Å². The van der Waals surface area contributed by atoms with Crippen molar-refractivity contribution in [2.75, 3.05) is 31.1 Å². The number of rotatable bonds is 3. The minimum atomic E-state index is 0.816. The van der Waals surface area contributed by atoms with Crippen molar-refractivity contribution in [2.45, 2.75) is 13.5 Å². The van der Waals surface area contributed by atoms with E-state index in [-0.39, 0.29) is 0 Å². The number of fused-ring (bicyclic) bond motifs is 1. The number of piperazine rings is 1. The maximum Gasteiger partial charge on any atom is 0.120 e. The van der Waals surface area contributed by atoms with Crippen molar-refractivity contribution in [3.63, 3.8) is 0 Å². The molecule has 3 aromatic rings. The van der Waals surface area contributed by atoms with E-state index >= 15 is 0 Å². The summed E-state index contributed by atoms with van der Waals surface area (Å²) in [7, 11) is 0. The molecule has 4 heteroatoms. The summed E-state index contributed by atoms with van der Waals surface area (Å²) in [6.07, 6.45) is 0. The number of benzene rings is 2. The molecule has 0 amide bonds. The first-order chi connectivity index (χ1) is 12.2. The van der Waals surface area contributed by atoms with Gasteiger partial charge in [0.25, 0.3) is 0 Å². The van der Waals surface area contributed by atoms with Crippen LogP contribution < -0.4 is 9.80 Å². The Bertz CT molecular complexity index is 885. The fourth-order valence-corrected chi connectivity index (χ4v) is 3.79. The molecular weight excluding hydrogens is 330 g/mol. The molecule has 1 saturated heterocycles. The molecule has 1 fully saturated rings. The van der Waals surface area contributed by atoms with Gasteiger partial charge < -0.3 is 9.80 Å². The van der Waals surface area contributed by atoms with E-state index < -0.39 is 0 Å². The molecule has 1 aliphatic heterocycles. The summed E-state index contributed by atoms with van der Waals surface area (Å²) in [5, 5.41) is 2.03. The van der Waals surface area contributed by atoms with Crippen LogP contribution in [-0.2, 0) is 6.54 Å². The standard InChI is InChI=1S/C21H22ClN3/c1-16-6-8-18(22)14-21(16)25-12-10-24(11-13-25)15-19-9-7-17-4-2-3-5-20(17)23-19/h2-9,14H,10-13,15H2,1H3/p+1. The van der Waals surface area contributed by atoms with Gasteiger partial charge in [-0.2, -0.15) is 0 Å². The molecular formula is C21H23ClN3+. The van der Waals surface area contributed by atoms with Gasteiger partial charge in [-0.15, -0.1) is 0 Å². The molecule has 0 spiro atoms.